The summed E-state index contributed by atoms with van der Waals surface area (Å²) in [6, 6.07) is 5.31. The first-order valence-corrected chi connectivity index (χ1v) is 11.0. The molecule has 150 valence electrons. The van der Waals surface area contributed by atoms with E-state index in [1.807, 2.05) is 10.7 Å². The van der Waals surface area contributed by atoms with Crippen molar-refractivity contribution in [3.8, 4) is 11.4 Å². The van der Waals surface area contributed by atoms with Crippen LogP contribution >= 0.6 is 34.8 Å². The summed E-state index contributed by atoms with van der Waals surface area (Å²) in [5.41, 5.74) is 0.525. The lowest BCUT2D eigenvalue weighted by Crippen LogP contribution is -2.58. The molecule has 0 radical (unpaired) electrons. The molecule has 0 amide bonds. The Morgan fingerprint density at radius 3 is 2.55 bits per heavy atom. The lowest BCUT2D eigenvalue weighted by atomic mass is 9.47. The van der Waals surface area contributed by atoms with E-state index in [9.17, 15) is 0 Å². The third kappa shape index (κ3) is 2.76. The largest absolute Gasteiger partial charge is 0.338 e. The molecule has 2 unspecified atom stereocenters. The van der Waals surface area contributed by atoms with Crippen molar-refractivity contribution in [2.45, 2.75) is 49.5 Å². The molecule has 0 N–H and O–H groups in total. The van der Waals surface area contributed by atoms with Crippen LogP contribution in [0.25, 0.3) is 11.4 Å². The molecule has 1 aromatic carbocycles. The highest BCUT2D eigenvalue weighted by atomic mass is 35.5. The third-order valence-corrected chi connectivity index (χ3v) is 7.75. The molecule has 4 aliphatic carbocycles. The zero-order valence-electron chi connectivity index (χ0n) is 15.5. The van der Waals surface area contributed by atoms with Crippen molar-refractivity contribution in [1.29, 1.82) is 0 Å². The van der Waals surface area contributed by atoms with Crippen LogP contribution < -0.4 is 0 Å². The van der Waals surface area contributed by atoms with Crippen LogP contribution in [0.15, 0.2) is 29.0 Å². The van der Waals surface area contributed by atoms with Gasteiger partial charge < -0.3 is 4.52 Å². The molecule has 0 saturated heterocycles. The van der Waals surface area contributed by atoms with E-state index in [2.05, 4.69) is 15.2 Å². The second kappa shape index (κ2) is 6.19. The summed E-state index contributed by atoms with van der Waals surface area (Å²) in [6.45, 7) is 0. The second-order valence-electron chi connectivity index (χ2n) is 8.97. The number of nitrogens with zero attached hydrogens (tertiary/aromatic N) is 5. The summed E-state index contributed by atoms with van der Waals surface area (Å²) in [7, 11) is 0. The van der Waals surface area contributed by atoms with Crippen molar-refractivity contribution < 1.29 is 4.52 Å². The zero-order valence-corrected chi connectivity index (χ0v) is 17.8. The molecule has 2 atom stereocenters. The summed E-state index contributed by atoms with van der Waals surface area (Å²) >= 11 is 18.4. The number of halogens is 3. The first-order chi connectivity index (χ1) is 13.9. The maximum absolute atomic E-state index is 6.36. The van der Waals surface area contributed by atoms with Crippen LogP contribution in [0, 0.1) is 11.8 Å². The average molecular weight is 451 g/mol. The van der Waals surface area contributed by atoms with Crippen LogP contribution in [0.5, 0.6) is 0 Å². The summed E-state index contributed by atoms with van der Waals surface area (Å²) < 4.78 is 7.85. The summed E-state index contributed by atoms with van der Waals surface area (Å²) in [6.07, 6.45) is 8.31. The van der Waals surface area contributed by atoms with E-state index in [0.29, 0.717) is 38.9 Å². The molecule has 29 heavy (non-hydrogen) atoms. The number of aromatic nitrogens is 5. The van der Waals surface area contributed by atoms with Gasteiger partial charge in [0.05, 0.1) is 16.0 Å². The molecule has 3 aromatic rings. The van der Waals surface area contributed by atoms with Gasteiger partial charge in [0.1, 0.15) is 6.33 Å². The lowest BCUT2D eigenvalue weighted by Gasteiger charge is -2.60. The van der Waals surface area contributed by atoms with Crippen molar-refractivity contribution in [3.05, 3.63) is 45.7 Å². The van der Waals surface area contributed by atoms with E-state index in [0.717, 1.165) is 37.7 Å². The standard InChI is InChI=1S/C20H18Cl3N5O/c21-13-1-2-14(15(22)4-13)16-25-17(29-27-16)19-5-11-3-12(6-19)8-20(7-11,9-19)28-10-24-18(23)26-28/h1-2,4,10-12H,3,5-9H2. The Bertz CT molecular complexity index is 1100. The van der Waals surface area contributed by atoms with Gasteiger partial charge in [0.25, 0.3) is 0 Å². The van der Waals surface area contributed by atoms with E-state index < -0.39 is 0 Å². The number of hydrogen-bond donors (Lipinski definition) is 0. The minimum absolute atomic E-state index is 0.0726. The van der Waals surface area contributed by atoms with Crippen LogP contribution in [-0.4, -0.2) is 24.9 Å². The Kier molecular flexibility index (Phi) is 3.88. The van der Waals surface area contributed by atoms with Crippen molar-refractivity contribution in [2.24, 2.45) is 11.8 Å². The van der Waals surface area contributed by atoms with Gasteiger partial charge in [0.2, 0.25) is 17.0 Å². The fraction of sp³-hybridized carbons (Fsp3) is 0.500. The van der Waals surface area contributed by atoms with Gasteiger partial charge in [-0.2, -0.15) is 4.98 Å². The first kappa shape index (κ1) is 18.2. The van der Waals surface area contributed by atoms with Gasteiger partial charge in [-0.3, -0.25) is 0 Å². The monoisotopic (exact) mass is 449 g/mol. The molecular formula is C20H18Cl3N5O. The number of rotatable bonds is 3. The SMILES string of the molecule is Clc1ccc(-c2noc(C34CC5CC(C3)CC(n3cnc(Cl)n3)(C5)C4)n2)c(Cl)c1. The minimum Gasteiger partial charge on any atom is -0.338 e. The van der Waals surface area contributed by atoms with Gasteiger partial charge in [-0.25, -0.2) is 9.67 Å². The van der Waals surface area contributed by atoms with Gasteiger partial charge in [0.15, 0.2) is 0 Å². The Hall–Kier alpha value is -1.63. The third-order valence-electron chi connectivity index (χ3n) is 7.03. The van der Waals surface area contributed by atoms with Gasteiger partial charge in [-0.15, -0.1) is 5.10 Å². The summed E-state index contributed by atoms with van der Waals surface area (Å²) in [5.74, 6) is 2.46. The molecule has 4 aliphatic rings. The fourth-order valence-corrected chi connectivity index (χ4v) is 7.04. The molecular weight excluding hydrogens is 433 g/mol. The van der Waals surface area contributed by atoms with Crippen LogP contribution in [0.3, 0.4) is 0 Å². The van der Waals surface area contributed by atoms with Crippen LogP contribution in [0.2, 0.25) is 15.3 Å². The fourth-order valence-electron chi connectivity index (χ4n) is 6.42. The van der Waals surface area contributed by atoms with Crippen molar-refractivity contribution >= 4 is 34.8 Å². The molecule has 4 saturated carbocycles. The van der Waals surface area contributed by atoms with Gasteiger partial charge in [0, 0.05) is 10.6 Å². The zero-order chi connectivity index (χ0) is 19.8. The molecule has 0 spiro atoms. The highest BCUT2D eigenvalue weighted by molar-refractivity contribution is 6.36. The first-order valence-electron chi connectivity index (χ1n) is 9.82. The number of benzene rings is 1. The lowest BCUT2D eigenvalue weighted by molar-refractivity contribution is -0.0786. The van der Waals surface area contributed by atoms with E-state index in [1.54, 1.807) is 18.5 Å². The highest BCUT2D eigenvalue weighted by Crippen LogP contribution is 2.64. The van der Waals surface area contributed by atoms with Gasteiger partial charge in [-0.05, 0) is 80.2 Å². The molecule has 4 bridgehead atoms. The maximum atomic E-state index is 6.36. The highest BCUT2D eigenvalue weighted by Gasteiger charge is 2.61. The predicted molar refractivity (Wildman–Crippen MR) is 109 cm³/mol. The van der Waals surface area contributed by atoms with E-state index in [-0.39, 0.29) is 11.0 Å². The molecule has 2 heterocycles. The minimum atomic E-state index is -0.132. The van der Waals surface area contributed by atoms with Crippen LogP contribution in [0.1, 0.15) is 44.4 Å². The molecule has 0 aliphatic heterocycles. The molecule has 6 nitrogen and oxygen atoms in total. The Morgan fingerprint density at radius 1 is 1.07 bits per heavy atom. The normalized spacial score (nSPS) is 32.8. The Morgan fingerprint density at radius 2 is 1.86 bits per heavy atom. The van der Waals surface area contributed by atoms with Crippen molar-refractivity contribution in [3.63, 3.8) is 0 Å². The average Bonchev–Trinajstić information content (AvgIpc) is 3.31. The topological polar surface area (TPSA) is 69.6 Å². The van der Waals surface area contributed by atoms with Crippen molar-refractivity contribution in [1.82, 2.24) is 24.9 Å². The van der Waals surface area contributed by atoms with Gasteiger partial charge >= 0.3 is 0 Å². The molecule has 4 fully saturated rings. The van der Waals surface area contributed by atoms with E-state index in [1.165, 1.54) is 6.42 Å². The van der Waals surface area contributed by atoms with E-state index >= 15 is 0 Å². The van der Waals surface area contributed by atoms with E-state index in [4.69, 9.17) is 44.3 Å². The summed E-state index contributed by atoms with van der Waals surface area (Å²) in [5, 5.41) is 10.1. The van der Waals surface area contributed by atoms with Crippen LogP contribution in [-0.2, 0) is 11.0 Å². The van der Waals surface area contributed by atoms with Crippen LogP contribution in [0.4, 0.5) is 0 Å². The second-order valence-corrected chi connectivity index (χ2v) is 10.2. The summed E-state index contributed by atoms with van der Waals surface area (Å²) in [4.78, 5) is 8.98. The predicted octanol–water partition coefficient (Wildman–Crippen LogP) is 5.54. The number of hydrogen-bond acceptors (Lipinski definition) is 5. The Balaban J connectivity index is 1.40. The molecule has 9 heteroatoms. The quantitative estimate of drug-likeness (QED) is 0.524. The smallest absolute Gasteiger partial charge is 0.242 e. The van der Waals surface area contributed by atoms with Crippen molar-refractivity contribution in [2.75, 3.05) is 0 Å². The Labute approximate surface area is 182 Å². The molecule has 7 rings (SSSR count). The molecule has 2 aromatic heterocycles. The van der Waals surface area contributed by atoms with Gasteiger partial charge in [-0.1, -0.05) is 28.4 Å². The maximum Gasteiger partial charge on any atom is 0.242 e.